The molecule has 0 heterocycles. The lowest BCUT2D eigenvalue weighted by atomic mass is 9.87. The van der Waals surface area contributed by atoms with E-state index in [1.807, 2.05) is 0 Å². The molecule has 31 heavy (non-hydrogen) atoms. The highest BCUT2D eigenvalue weighted by Crippen LogP contribution is 2.33. The monoisotopic (exact) mass is 424 g/mol. The van der Waals surface area contributed by atoms with E-state index in [1.54, 1.807) is 12.1 Å². The van der Waals surface area contributed by atoms with Crippen LogP contribution in [0.4, 0.5) is 0 Å². The van der Waals surface area contributed by atoms with Crippen LogP contribution in [0.3, 0.4) is 0 Å². The van der Waals surface area contributed by atoms with Crippen molar-refractivity contribution in [1.82, 2.24) is 10.2 Å². The molecule has 4 heteroatoms. The summed E-state index contributed by atoms with van der Waals surface area (Å²) in [5.41, 5.74) is 3.81. The van der Waals surface area contributed by atoms with Crippen molar-refractivity contribution in [3.05, 3.63) is 59.2 Å². The molecule has 0 fully saturated rings. The Kier molecular flexibility index (Phi) is 9.70. The molecule has 1 atom stereocenters. The molecule has 0 spiro atoms. The Hall–Kier alpha value is -2.04. The maximum absolute atomic E-state index is 9.87. The first-order valence-electron chi connectivity index (χ1n) is 12.2. The van der Waals surface area contributed by atoms with Gasteiger partial charge in [-0.15, -0.1) is 0 Å². The molecule has 0 aliphatic heterocycles. The van der Waals surface area contributed by atoms with Gasteiger partial charge in [-0.1, -0.05) is 50.1 Å². The Bertz CT molecular complexity index is 778. The number of aromatic hydroxyl groups is 2. The molecule has 4 nitrogen and oxygen atoms in total. The number of benzene rings is 2. The lowest BCUT2D eigenvalue weighted by Crippen LogP contribution is -2.40. The molecule has 1 aliphatic carbocycles. The second-order valence-electron chi connectivity index (χ2n) is 8.94. The molecule has 3 N–H and O–H groups in total. The fraction of sp³-hybridized carbons (Fsp3) is 0.556. The van der Waals surface area contributed by atoms with Gasteiger partial charge in [-0.2, -0.15) is 0 Å². The SMILES string of the molecule is CCCN(CCCCCCNCCc1ccccc1)C1CCc2cc(O)c(O)cc2C1. The van der Waals surface area contributed by atoms with Crippen LogP contribution >= 0.6 is 0 Å². The highest BCUT2D eigenvalue weighted by atomic mass is 16.3. The third-order valence-electron chi connectivity index (χ3n) is 6.51. The van der Waals surface area contributed by atoms with Crippen LogP contribution in [0.5, 0.6) is 11.5 Å². The van der Waals surface area contributed by atoms with Gasteiger partial charge < -0.3 is 20.4 Å². The highest BCUT2D eigenvalue weighted by Gasteiger charge is 2.24. The van der Waals surface area contributed by atoms with Gasteiger partial charge >= 0.3 is 0 Å². The van der Waals surface area contributed by atoms with Gasteiger partial charge in [0.1, 0.15) is 0 Å². The van der Waals surface area contributed by atoms with Gasteiger partial charge in [-0.25, -0.2) is 0 Å². The van der Waals surface area contributed by atoms with Gasteiger partial charge in [0.25, 0.3) is 0 Å². The number of aryl methyl sites for hydroxylation is 1. The molecule has 0 bridgehead atoms. The number of hydrogen-bond donors (Lipinski definition) is 3. The summed E-state index contributed by atoms with van der Waals surface area (Å²) < 4.78 is 0. The van der Waals surface area contributed by atoms with Crippen LogP contribution in [0.2, 0.25) is 0 Å². The predicted molar refractivity (Wildman–Crippen MR) is 129 cm³/mol. The molecule has 0 radical (unpaired) electrons. The summed E-state index contributed by atoms with van der Waals surface area (Å²) in [5, 5.41) is 23.2. The molecule has 3 rings (SSSR count). The summed E-state index contributed by atoms with van der Waals surface area (Å²) in [7, 11) is 0. The normalized spacial score (nSPS) is 15.9. The Balaban J connectivity index is 1.31. The molecule has 170 valence electrons. The van der Waals surface area contributed by atoms with Crippen LogP contribution < -0.4 is 5.32 Å². The summed E-state index contributed by atoms with van der Waals surface area (Å²) in [4.78, 5) is 2.66. The minimum atomic E-state index is 0.0113. The third-order valence-corrected chi connectivity index (χ3v) is 6.51. The van der Waals surface area contributed by atoms with Crippen molar-refractivity contribution in [2.45, 2.75) is 70.8 Å². The van der Waals surface area contributed by atoms with Crippen LogP contribution in [0.25, 0.3) is 0 Å². The first-order valence-corrected chi connectivity index (χ1v) is 12.2. The zero-order chi connectivity index (χ0) is 21.9. The first kappa shape index (κ1) is 23.6. The van der Waals surface area contributed by atoms with E-state index in [9.17, 15) is 10.2 Å². The van der Waals surface area contributed by atoms with Gasteiger partial charge in [0.15, 0.2) is 11.5 Å². The van der Waals surface area contributed by atoms with Gasteiger partial charge in [0.05, 0.1) is 0 Å². The van der Waals surface area contributed by atoms with Crippen LogP contribution in [0.15, 0.2) is 42.5 Å². The zero-order valence-electron chi connectivity index (χ0n) is 19.2. The predicted octanol–water partition coefficient (Wildman–Crippen LogP) is 5.06. The van der Waals surface area contributed by atoms with Crippen LogP contribution in [-0.4, -0.2) is 47.3 Å². The molecule has 1 unspecified atom stereocenters. The number of phenols is 2. The van der Waals surface area contributed by atoms with Crippen molar-refractivity contribution in [3.8, 4) is 11.5 Å². The smallest absolute Gasteiger partial charge is 0.157 e. The zero-order valence-corrected chi connectivity index (χ0v) is 19.2. The van der Waals surface area contributed by atoms with E-state index in [0.29, 0.717) is 6.04 Å². The second-order valence-corrected chi connectivity index (χ2v) is 8.94. The molecule has 2 aromatic rings. The average molecular weight is 425 g/mol. The molecule has 2 aromatic carbocycles. The number of unbranched alkanes of at least 4 members (excludes halogenated alkanes) is 3. The highest BCUT2D eigenvalue weighted by molar-refractivity contribution is 5.46. The number of nitrogens with one attached hydrogen (secondary N) is 1. The van der Waals surface area contributed by atoms with Crippen molar-refractivity contribution in [2.24, 2.45) is 0 Å². The largest absolute Gasteiger partial charge is 0.504 e. The first-order chi connectivity index (χ1) is 15.2. The summed E-state index contributed by atoms with van der Waals surface area (Å²) >= 11 is 0. The number of nitrogens with zero attached hydrogens (tertiary/aromatic N) is 1. The summed E-state index contributed by atoms with van der Waals surface area (Å²) in [5.74, 6) is 0.0241. The van der Waals surface area contributed by atoms with Gasteiger partial charge in [0, 0.05) is 6.04 Å². The lowest BCUT2D eigenvalue weighted by Gasteiger charge is -2.35. The molecule has 0 saturated heterocycles. The van der Waals surface area contributed by atoms with E-state index in [1.165, 1.54) is 55.3 Å². The van der Waals surface area contributed by atoms with Crippen molar-refractivity contribution in [1.29, 1.82) is 0 Å². The van der Waals surface area contributed by atoms with Crippen molar-refractivity contribution >= 4 is 0 Å². The molecular weight excluding hydrogens is 384 g/mol. The van der Waals surface area contributed by atoms with E-state index in [-0.39, 0.29) is 11.5 Å². The maximum Gasteiger partial charge on any atom is 0.157 e. The van der Waals surface area contributed by atoms with E-state index >= 15 is 0 Å². The van der Waals surface area contributed by atoms with Gasteiger partial charge in [0.2, 0.25) is 0 Å². The number of hydrogen-bond acceptors (Lipinski definition) is 4. The lowest BCUT2D eigenvalue weighted by molar-refractivity contribution is 0.176. The number of phenolic OH excluding ortho intramolecular Hbond substituents is 2. The van der Waals surface area contributed by atoms with Gasteiger partial charge in [-0.3, -0.25) is 0 Å². The van der Waals surface area contributed by atoms with E-state index in [0.717, 1.165) is 45.3 Å². The number of rotatable bonds is 13. The Labute approximate surface area is 188 Å². The molecular formula is C27H40N2O2. The van der Waals surface area contributed by atoms with Crippen LogP contribution in [0, 0.1) is 0 Å². The van der Waals surface area contributed by atoms with Crippen molar-refractivity contribution in [2.75, 3.05) is 26.2 Å². The average Bonchev–Trinajstić information content (AvgIpc) is 2.78. The minimum Gasteiger partial charge on any atom is -0.504 e. The molecule has 0 saturated carbocycles. The van der Waals surface area contributed by atoms with E-state index < -0.39 is 0 Å². The quantitative estimate of drug-likeness (QED) is 0.311. The Morgan fingerprint density at radius 2 is 1.65 bits per heavy atom. The van der Waals surface area contributed by atoms with E-state index in [4.69, 9.17) is 0 Å². The molecule has 0 amide bonds. The molecule has 0 aromatic heterocycles. The third kappa shape index (κ3) is 7.55. The summed E-state index contributed by atoms with van der Waals surface area (Å²) in [6, 6.07) is 14.8. The van der Waals surface area contributed by atoms with Gasteiger partial charge in [-0.05, 0) is 99.9 Å². The topological polar surface area (TPSA) is 55.7 Å². The standard InChI is InChI=1S/C27H40N2O2/c1-2-17-29(25-13-12-23-20-26(30)27(31)21-24(23)19-25)18-9-4-3-8-15-28-16-14-22-10-6-5-7-11-22/h5-7,10-11,20-21,25,28,30-31H,2-4,8-9,12-19H2,1H3. The summed E-state index contributed by atoms with van der Waals surface area (Å²) in [6.45, 7) is 6.74. The van der Waals surface area contributed by atoms with Crippen LogP contribution in [-0.2, 0) is 19.3 Å². The molecule has 1 aliphatic rings. The fourth-order valence-corrected chi connectivity index (χ4v) is 4.76. The van der Waals surface area contributed by atoms with E-state index in [2.05, 4.69) is 47.5 Å². The summed E-state index contributed by atoms with van der Waals surface area (Å²) in [6.07, 6.45) is 10.5. The minimum absolute atomic E-state index is 0.0113. The Morgan fingerprint density at radius 1 is 0.903 bits per heavy atom. The maximum atomic E-state index is 9.87. The fourth-order valence-electron chi connectivity index (χ4n) is 4.76. The van der Waals surface area contributed by atoms with Crippen molar-refractivity contribution < 1.29 is 10.2 Å². The second kappa shape index (κ2) is 12.7. The van der Waals surface area contributed by atoms with Crippen molar-refractivity contribution in [3.63, 3.8) is 0 Å². The Morgan fingerprint density at radius 3 is 2.42 bits per heavy atom. The number of fused-ring (bicyclic) bond motifs is 1. The van der Waals surface area contributed by atoms with Crippen LogP contribution in [0.1, 0.15) is 62.1 Å².